The predicted octanol–water partition coefficient (Wildman–Crippen LogP) is 6.82. The molecule has 7 rings (SSSR count). The molecule has 0 bridgehead atoms. The van der Waals surface area contributed by atoms with Gasteiger partial charge >= 0.3 is 0 Å². The lowest BCUT2D eigenvalue weighted by atomic mass is 9.94. The highest BCUT2D eigenvalue weighted by molar-refractivity contribution is 5.84. The van der Waals surface area contributed by atoms with Crippen molar-refractivity contribution in [3.05, 3.63) is 106 Å². The summed E-state index contributed by atoms with van der Waals surface area (Å²) in [6.07, 6.45) is -1.55. The van der Waals surface area contributed by atoms with Gasteiger partial charge < -0.3 is 10.3 Å². The SMILES string of the molecule is N#Cc1cccc(-c2cc3[nH]ccc3nc2[C@H](Cc2cc(F)cc(F)c2)NC(=O)Cn2nc(C(F)F)c3c2C(F)(F)[C@@H]2CC32)c1. The Bertz CT molecular complexity index is 2010. The Hall–Kier alpha value is -5.12. The molecule has 0 aliphatic heterocycles. The van der Waals surface area contributed by atoms with Crippen molar-refractivity contribution in [3.8, 4) is 17.2 Å². The zero-order valence-corrected chi connectivity index (χ0v) is 23.2. The molecule has 228 valence electrons. The van der Waals surface area contributed by atoms with Crippen molar-refractivity contribution in [3.63, 3.8) is 0 Å². The maximum Gasteiger partial charge on any atom is 0.293 e. The zero-order valence-electron chi connectivity index (χ0n) is 23.2. The Labute approximate surface area is 251 Å². The molecule has 2 aliphatic rings. The van der Waals surface area contributed by atoms with E-state index in [2.05, 4.69) is 21.5 Å². The molecule has 3 aromatic heterocycles. The highest BCUT2D eigenvalue weighted by atomic mass is 19.3. The fourth-order valence-corrected chi connectivity index (χ4v) is 6.38. The number of alkyl halides is 4. The number of pyridine rings is 1. The molecule has 1 amide bonds. The number of nitrogens with one attached hydrogen (secondary N) is 2. The van der Waals surface area contributed by atoms with Crippen LogP contribution >= 0.6 is 0 Å². The zero-order chi connectivity index (χ0) is 31.6. The van der Waals surface area contributed by atoms with Crippen LogP contribution in [0.25, 0.3) is 22.2 Å². The van der Waals surface area contributed by atoms with E-state index in [0.29, 0.717) is 38.5 Å². The Morgan fingerprint density at radius 1 is 1.11 bits per heavy atom. The summed E-state index contributed by atoms with van der Waals surface area (Å²) in [5.74, 6) is -7.80. The van der Waals surface area contributed by atoms with Gasteiger partial charge in [0.05, 0.1) is 34.4 Å². The summed E-state index contributed by atoms with van der Waals surface area (Å²) in [4.78, 5) is 21.3. The Kier molecular flexibility index (Phi) is 6.68. The van der Waals surface area contributed by atoms with Gasteiger partial charge in [0.15, 0.2) is 0 Å². The van der Waals surface area contributed by atoms with Gasteiger partial charge in [0, 0.05) is 29.3 Å². The first kappa shape index (κ1) is 28.6. The molecule has 0 saturated heterocycles. The number of halogens is 6. The molecule has 5 aromatic rings. The van der Waals surface area contributed by atoms with E-state index in [1.165, 1.54) is 0 Å². The van der Waals surface area contributed by atoms with Gasteiger partial charge in [-0.2, -0.15) is 19.1 Å². The molecular formula is C32H22F6N6O. The Balaban J connectivity index is 1.30. The standard InChI is InChI=1S/C32H22F6N6O/c33-18-7-16(8-19(34)10-18)9-25(28-20(12-24-23(42-28)4-5-40-24)17-3-1-2-15(6-17)13-39)41-26(45)14-44-30-27(29(43-44)31(35)36)21-11-22(21)32(30,37)38/h1-8,10,12,21-22,25,31,40H,9,11,14H2,(H,41,45)/t21?,22-,25+/m1/s1. The van der Waals surface area contributed by atoms with Gasteiger partial charge in [0.25, 0.3) is 12.3 Å². The fraction of sp³-hybridized carbons (Fsp3) is 0.250. The van der Waals surface area contributed by atoms with Crippen LogP contribution in [0.2, 0.25) is 0 Å². The van der Waals surface area contributed by atoms with Crippen LogP contribution in [-0.4, -0.2) is 25.7 Å². The highest BCUT2D eigenvalue weighted by Crippen LogP contribution is 2.68. The fourth-order valence-electron chi connectivity index (χ4n) is 6.38. The molecule has 2 N–H and O–H groups in total. The van der Waals surface area contributed by atoms with Crippen LogP contribution < -0.4 is 5.32 Å². The maximum atomic E-state index is 15.1. The van der Waals surface area contributed by atoms with Gasteiger partial charge in [0.1, 0.15) is 29.6 Å². The van der Waals surface area contributed by atoms with Crippen LogP contribution in [-0.2, 0) is 23.7 Å². The molecule has 1 fully saturated rings. The van der Waals surface area contributed by atoms with Gasteiger partial charge in [-0.25, -0.2) is 22.5 Å². The van der Waals surface area contributed by atoms with E-state index >= 15 is 8.78 Å². The summed E-state index contributed by atoms with van der Waals surface area (Å²) >= 11 is 0. The monoisotopic (exact) mass is 620 g/mol. The summed E-state index contributed by atoms with van der Waals surface area (Å²) in [7, 11) is 0. The van der Waals surface area contributed by atoms with E-state index < -0.39 is 65.7 Å². The number of rotatable bonds is 8. The third-order valence-corrected chi connectivity index (χ3v) is 8.35. The third-order valence-electron chi connectivity index (χ3n) is 8.35. The quantitative estimate of drug-likeness (QED) is 0.186. The number of H-pyrrole nitrogens is 1. The number of aromatic nitrogens is 4. The van der Waals surface area contributed by atoms with Crippen molar-refractivity contribution in [2.45, 2.75) is 43.7 Å². The summed E-state index contributed by atoms with van der Waals surface area (Å²) in [6.45, 7) is -0.802. The number of carbonyl (C=O) groups is 1. The van der Waals surface area contributed by atoms with E-state index in [1.54, 1.807) is 42.6 Å². The van der Waals surface area contributed by atoms with Gasteiger partial charge in [-0.15, -0.1) is 0 Å². The van der Waals surface area contributed by atoms with E-state index in [4.69, 9.17) is 4.98 Å². The van der Waals surface area contributed by atoms with Crippen molar-refractivity contribution in [2.75, 3.05) is 0 Å². The molecule has 0 radical (unpaired) electrons. The molecule has 2 aromatic carbocycles. The summed E-state index contributed by atoms with van der Waals surface area (Å²) in [5.41, 5.74) is 1.31. The van der Waals surface area contributed by atoms with Crippen molar-refractivity contribution >= 4 is 16.9 Å². The highest BCUT2D eigenvalue weighted by Gasteiger charge is 2.67. The van der Waals surface area contributed by atoms with Crippen molar-refractivity contribution in [1.29, 1.82) is 5.26 Å². The molecule has 0 spiro atoms. The average Bonchev–Trinajstić information content (AvgIpc) is 3.40. The number of nitriles is 1. The number of aromatic amines is 1. The van der Waals surface area contributed by atoms with Crippen molar-refractivity contribution < 1.29 is 31.1 Å². The van der Waals surface area contributed by atoms with E-state index in [1.807, 2.05) is 0 Å². The molecule has 13 heteroatoms. The minimum absolute atomic E-state index is 0.0763. The largest absolute Gasteiger partial charge is 0.360 e. The number of benzene rings is 2. The average molecular weight is 621 g/mol. The van der Waals surface area contributed by atoms with Gasteiger partial charge in [0.2, 0.25) is 5.91 Å². The first-order valence-electron chi connectivity index (χ1n) is 14.0. The number of amides is 1. The van der Waals surface area contributed by atoms with Crippen LogP contribution in [0.3, 0.4) is 0 Å². The molecule has 2 aliphatic carbocycles. The van der Waals surface area contributed by atoms with E-state index in [9.17, 15) is 27.6 Å². The normalized spacial score (nSPS) is 18.4. The van der Waals surface area contributed by atoms with Crippen LogP contribution in [0.5, 0.6) is 0 Å². The van der Waals surface area contributed by atoms with Gasteiger partial charge in [-0.1, -0.05) is 12.1 Å². The molecule has 1 unspecified atom stereocenters. The number of carbonyl (C=O) groups excluding carboxylic acids is 1. The van der Waals surface area contributed by atoms with Crippen molar-refractivity contribution in [1.82, 2.24) is 25.1 Å². The number of nitrogens with zero attached hydrogens (tertiary/aromatic N) is 4. The van der Waals surface area contributed by atoms with Crippen LogP contribution in [0, 0.1) is 28.9 Å². The maximum absolute atomic E-state index is 15.1. The minimum atomic E-state index is -3.42. The predicted molar refractivity (Wildman–Crippen MR) is 149 cm³/mol. The Morgan fingerprint density at radius 2 is 1.89 bits per heavy atom. The lowest BCUT2D eigenvalue weighted by Gasteiger charge is -2.23. The van der Waals surface area contributed by atoms with E-state index in [-0.39, 0.29) is 29.7 Å². The first-order valence-corrected chi connectivity index (χ1v) is 14.0. The van der Waals surface area contributed by atoms with Gasteiger partial charge in [-0.05, 0) is 66.3 Å². The third kappa shape index (κ3) is 5.00. The lowest BCUT2D eigenvalue weighted by Crippen LogP contribution is -2.35. The van der Waals surface area contributed by atoms with Gasteiger partial charge in [-0.3, -0.25) is 9.48 Å². The summed E-state index contributed by atoms with van der Waals surface area (Å²) in [5, 5.41) is 15.9. The molecule has 3 atom stereocenters. The second kappa shape index (κ2) is 10.5. The summed E-state index contributed by atoms with van der Waals surface area (Å²) in [6, 6.07) is 13.9. The first-order chi connectivity index (χ1) is 21.5. The Morgan fingerprint density at radius 3 is 2.62 bits per heavy atom. The van der Waals surface area contributed by atoms with Crippen LogP contribution in [0.4, 0.5) is 26.3 Å². The minimum Gasteiger partial charge on any atom is -0.360 e. The smallest absolute Gasteiger partial charge is 0.293 e. The number of hydrogen-bond acceptors (Lipinski definition) is 4. The molecule has 3 heterocycles. The molecule has 1 saturated carbocycles. The van der Waals surface area contributed by atoms with E-state index in [0.717, 1.165) is 12.1 Å². The van der Waals surface area contributed by atoms with Crippen molar-refractivity contribution in [2.24, 2.45) is 5.92 Å². The van der Waals surface area contributed by atoms with Crippen LogP contribution in [0.1, 0.15) is 58.6 Å². The summed E-state index contributed by atoms with van der Waals surface area (Å²) < 4.78 is 86.9. The van der Waals surface area contributed by atoms with Crippen LogP contribution in [0.15, 0.2) is 60.8 Å². The molecule has 45 heavy (non-hydrogen) atoms. The topological polar surface area (TPSA) is 99.4 Å². The number of hydrogen-bond donors (Lipinski definition) is 2. The number of fused-ring (bicyclic) bond motifs is 4. The second-order valence-corrected chi connectivity index (χ2v) is 11.3. The molecular weight excluding hydrogens is 598 g/mol. The lowest BCUT2D eigenvalue weighted by molar-refractivity contribution is -0.123. The molecule has 7 nitrogen and oxygen atoms in total. The second-order valence-electron chi connectivity index (χ2n) is 11.3.